The number of nitrogens with one attached hydrogen (secondary N) is 2. The molecule has 0 fully saturated rings. The Hall–Kier alpha value is -3.19. The maximum atomic E-state index is 12.6. The summed E-state index contributed by atoms with van der Waals surface area (Å²) in [5.74, 6) is -0.174. The van der Waals surface area contributed by atoms with Crippen LogP contribution in [0.1, 0.15) is 22.2 Å². The highest BCUT2D eigenvalue weighted by atomic mass is 32.1. The third-order valence-corrected chi connectivity index (χ3v) is 4.34. The molecule has 1 amide bonds. The molecule has 0 radical (unpaired) electrons. The topological polar surface area (TPSA) is 97.1 Å². The number of carbonyl (C=O) groups is 2. The number of aromatic nitrogens is 1. The first-order valence-electron chi connectivity index (χ1n) is 7.53. The van der Waals surface area contributed by atoms with E-state index >= 15 is 0 Å². The van der Waals surface area contributed by atoms with Gasteiger partial charge in [-0.1, -0.05) is 29.5 Å². The van der Waals surface area contributed by atoms with Crippen LogP contribution in [-0.4, -0.2) is 16.7 Å². The normalized spacial score (nSPS) is 10.3. The van der Waals surface area contributed by atoms with Crippen molar-refractivity contribution in [1.82, 2.24) is 4.98 Å². The second kappa shape index (κ2) is 7.14. The van der Waals surface area contributed by atoms with Crippen LogP contribution in [0.3, 0.4) is 0 Å². The minimum absolute atomic E-state index is 0.164. The van der Waals surface area contributed by atoms with Crippen LogP contribution in [0, 0.1) is 0 Å². The van der Waals surface area contributed by atoms with E-state index in [1.807, 2.05) is 30.3 Å². The highest BCUT2D eigenvalue weighted by molar-refractivity contribution is 7.18. The zero-order chi connectivity index (χ0) is 17.8. The van der Waals surface area contributed by atoms with Gasteiger partial charge in [0.05, 0.1) is 0 Å². The summed E-state index contributed by atoms with van der Waals surface area (Å²) in [7, 11) is 0. The van der Waals surface area contributed by atoms with Crippen molar-refractivity contribution in [3.63, 3.8) is 0 Å². The Morgan fingerprint density at radius 3 is 2.32 bits per heavy atom. The number of para-hydroxylation sites is 1. The summed E-state index contributed by atoms with van der Waals surface area (Å²) in [6.45, 7) is 1.43. The van der Waals surface area contributed by atoms with Gasteiger partial charge in [0.15, 0.2) is 5.13 Å². The summed E-state index contributed by atoms with van der Waals surface area (Å²) in [4.78, 5) is 28.3. The molecule has 0 saturated carbocycles. The van der Waals surface area contributed by atoms with Gasteiger partial charge in [0.1, 0.15) is 10.7 Å². The average Bonchev–Trinajstić information content (AvgIpc) is 2.95. The molecular formula is C18H16N4O2S. The molecule has 3 rings (SSSR count). The maximum Gasteiger partial charge on any atom is 0.221 e. The van der Waals surface area contributed by atoms with Crippen LogP contribution in [0.2, 0.25) is 0 Å². The Bertz CT molecular complexity index is 905. The number of anilines is 4. The molecule has 1 heterocycles. The highest BCUT2D eigenvalue weighted by Crippen LogP contribution is 2.29. The van der Waals surface area contributed by atoms with E-state index in [0.717, 1.165) is 5.69 Å². The lowest BCUT2D eigenvalue weighted by atomic mass is 10.1. The molecule has 0 aliphatic carbocycles. The number of rotatable bonds is 5. The molecule has 6 nitrogen and oxygen atoms in total. The van der Waals surface area contributed by atoms with Crippen molar-refractivity contribution in [3.05, 3.63) is 65.0 Å². The number of amides is 1. The molecule has 2 aromatic carbocycles. The molecule has 0 aliphatic heterocycles. The lowest BCUT2D eigenvalue weighted by molar-refractivity contribution is -0.114. The van der Waals surface area contributed by atoms with Crippen molar-refractivity contribution in [2.45, 2.75) is 6.92 Å². The van der Waals surface area contributed by atoms with E-state index in [0.29, 0.717) is 21.3 Å². The molecule has 0 aliphatic rings. The second-order valence-corrected chi connectivity index (χ2v) is 6.31. The first-order valence-corrected chi connectivity index (χ1v) is 8.35. The number of carbonyl (C=O) groups excluding carboxylic acids is 2. The van der Waals surface area contributed by atoms with Crippen molar-refractivity contribution < 1.29 is 9.59 Å². The third-order valence-electron chi connectivity index (χ3n) is 3.35. The lowest BCUT2D eigenvalue weighted by Crippen LogP contribution is -2.06. The SMILES string of the molecule is CC(=O)Nc1ccc(C(=O)c2sc(Nc3ccccc3)nc2N)cc1. The molecule has 0 unspecified atom stereocenters. The number of nitrogen functional groups attached to an aromatic ring is 1. The first-order chi connectivity index (χ1) is 12.0. The van der Waals surface area contributed by atoms with Gasteiger partial charge in [-0.25, -0.2) is 4.98 Å². The van der Waals surface area contributed by atoms with Crippen LogP contribution in [0.15, 0.2) is 54.6 Å². The van der Waals surface area contributed by atoms with Crippen molar-refractivity contribution in [2.75, 3.05) is 16.4 Å². The fourth-order valence-corrected chi connectivity index (χ4v) is 3.10. The number of hydrogen-bond acceptors (Lipinski definition) is 6. The summed E-state index contributed by atoms with van der Waals surface area (Å²) in [6.07, 6.45) is 0. The van der Waals surface area contributed by atoms with Crippen LogP contribution in [0.5, 0.6) is 0 Å². The van der Waals surface area contributed by atoms with Crippen molar-refractivity contribution in [1.29, 1.82) is 0 Å². The average molecular weight is 352 g/mol. The van der Waals surface area contributed by atoms with E-state index in [2.05, 4.69) is 15.6 Å². The largest absolute Gasteiger partial charge is 0.382 e. The third kappa shape index (κ3) is 4.02. The monoisotopic (exact) mass is 352 g/mol. The maximum absolute atomic E-state index is 12.6. The summed E-state index contributed by atoms with van der Waals surface area (Å²) < 4.78 is 0. The number of hydrogen-bond donors (Lipinski definition) is 3. The van der Waals surface area contributed by atoms with Gasteiger partial charge in [-0.3, -0.25) is 9.59 Å². The molecule has 4 N–H and O–H groups in total. The summed E-state index contributed by atoms with van der Waals surface area (Å²) in [5.41, 5.74) is 7.90. The number of ketones is 1. The van der Waals surface area contributed by atoms with Gasteiger partial charge in [0, 0.05) is 23.9 Å². The summed E-state index contributed by atoms with van der Waals surface area (Å²) in [5, 5.41) is 6.35. The Kier molecular flexibility index (Phi) is 4.76. The van der Waals surface area contributed by atoms with Gasteiger partial charge in [-0.15, -0.1) is 0 Å². The Balaban J connectivity index is 1.79. The van der Waals surface area contributed by atoms with Crippen LogP contribution in [0.4, 0.5) is 22.3 Å². The van der Waals surface area contributed by atoms with Gasteiger partial charge in [-0.05, 0) is 36.4 Å². The van der Waals surface area contributed by atoms with Gasteiger partial charge < -0.3 is 16.4 Å². The van der Waals surface area contributed by atoms with Crippen LogP contribution in [0.25, 0.3) is 0 Å². The van der Waals surface area contributed by atoms with Gasteiger partial charge in [0.25, 0.3) is 0 Å². The number of nitrogens with two attached hydrogens (primary N) is 1. The molecule has 7 heteroatoms. The molecule has 0 atom stereocenters. The zero-order valence-corrected chi connectivity index (χ0v) is 14.3. The quantitative estimate of drug-likeness (QED) is 0.609. The molecule has 0 spiro atoms. The minimum Gasteiger partial charge on any atom is -0.382 e. The zero-order valence-electron chi connectivity index (χ0n) is 13.4. The van der Waals surface area contributed by atoms with Gasteiger partial charge >= 0.3 is 0 Å². The molecule has 25 heavy (non-hydrogen) atoms. The van der Waals surface area contributed by atoms with Gasteiger partial charge in [0.2, 0.25) is 11.7 Å². The van der Waals surface area contributed by atoms with Crippen LogP contribution >= 0.6 is 11.3 Å². The summed E-state index contributed by atoms with van der Waals surface area (Å²) >= 11 is 1.21. The smallest absolute Gasteiger partial charge is 0.221 e. The van der Waals surface area contributed by atoms with E-state index in [4.69, 9.17) is 5.73 Å². The Morgan fingerprint density at radius 1 is 1.00 bits per heavy atom. The minimum atomic E-state index is -0.203. The first kappa shape index (κ1) is 16.7. The fraction of sp³-hybridized carbons (Fsp3) is 0.0556. The van der Waals surface area contributed by atoms with Gasteiger partial charge in [-0.2, -0.15) is 0 Å². The van der Waals surface area contributed by atoms with E-state index in [-0.39, 0.29) is 17.5 Å². The Morgan fingerprint density at radius 2 is 1.68 bits per heavy atom. The molecular weight excluding hydrogens is 336 g/mol. The molecule has 1 aromatic heterocycles. The molecule has 0 bridgehead atoms. The second-order valence-electron chi connectivity index (χ2n) is 5.31. The predicted octanol–water partition coefficient (Wildman–Crippen LogP) is 3.66. The fourth-order valence-electron chi connectivity index (χ4n) is 2.23. The van der Waals surface area contributed by atoms with Crippen LogP contribution in [-0.2, 0) is 4.79 Å². The highest BCUT2D eigenvalue weighted by Gasteiger charge is 2.18. The van der Waals surface area contributed by atoms with Crippen LogP contribution < -0.4 is 16.4 Å². The Labute approximate surface area is 148 Å². The lowest BCUT2D eigenvalue weighted by Gasteiger charge is -2.03. The number of thiazole rings is 1. The van der Waals surface area contributed by atoms with E-state index in [1.54, 1.807) is 24.3 Å². The van der Waals surface area contributed by atoms with Crippen molar-refractivity contribution >= 4 is 45.4 Å². The molecule has 3 aromatic rings. The standard InChI is InChI=1S/C18H16N4O2S/c1-11(23)20-14-9-7-12(8-10-14)15(24)16-17(19)22-18(25-16)21-13-5-3-2-4-6-13/h2-10H,19H2,1H3,(H,20,23)(H,21,22). The molecule has 126 valence electrons. The van der Waals surface area contributed by atoms with Crippen molar-refractivity contribution in [2.24, 2.45) is 0 Å². The number of benzene rings is 2. The van der Waals surface area contributed by atoms with E-state index in [9.17, 15) is 9.59 Å². The van der Waals surface area contributed by atoms with E-state index < -0.39 is 0 Å². The van der Waals surface area contributed by atoms with Crippen molar-refractivity contribution in [3.8, 4) is 0 Å². The molecule has 0 saturated heterocycles. The predicted molar refractivity (Wildman–Crippen MR) is 100 cm³/mol. The van der Waals surface area contributed by atoms with E-state index in [1.165, 1.54) is 18.3 Å². The summed E-state index contributed by atoms with van der Waals surface area (Å²) in [6, 6.07) is 16.2. The number of nitrogens with zero attached hydrogens (tertiary/aromatic N) is 1.